The van der Waals surface area contributed by atoms with Crippen LogP contribution in [0.3, 0.4) is 0 Å². The summed E-state index contributed by atoms with van der Waals surface area (Å²) in [5, 5.41) is 3.72. The Kier molecular flexibility index (Phi) is 6.34. The first-order chi connectivity index (χ1) is 10.6. The van der Waals surface area contributed by atoms with Crippen LogP contribution in [0.25, 0.3) is 0 Å². The second kappa shape index (κ2) is 8.25. The van der Waals surface area contributed by atoms with Gasteiger partial charge in [-0.1, -0.05) is 48.9 Å². The summed E-state index contributed by atoms with van der Waals surface area (Å²) in [6.45, 7) is 4.42. The topological polar surface area (TPSA) is 54.9 Å². The summed E-state index contributed by atoms with van der Waals surface area (Å²) in [5.74, 6) is 2.53. The van der Waals surface area contributed by atoms with Crippen LogP contribution in [0, 0.1) is 6.92 Å². The predicted octanol–water partition coefficient (Wildman–Crippen LogP) is 3.36. The van der Waals surface area contributed by atoms with Crippen LogP contribution < -0.4 is 5.32 Å². The average molecular weight is 338 g/mol. The quantitative estimate of drug-likeness (QED) is 0.787. The lowest BCUT2D eigenvalue weighted by Gasteiger charge is -2.11. The number of nitrogens with one attached hydrogen (secondary N) is 1. The Morgan fingerprint density at radius 1 is 1.23 bits per heavy atom. The fourth-order valence-electron chi connectivity index (χ4n) is 2.14. The number of halogens is 1. The number of benzene rings is 1. The number of anilines is 1. The molecule has 0 bridgehead atoms. The summed E-state index contributed by atoms with van der Waals surface area (Å²) in [6.07, 6.45) is 0.758. The highest BCUT2D eigenvalue weighted by Crippen LogP contribution is 2.21. The largest absolute Gasteiger partial charge is 0.369 e. The van der Waals surface area contributed by atoms with Crippen molar-refractivity contribution in [3.05, 3.63) is 52.4 Å². The molecule has 0 amide bonds. The van der Waals surface area contributed by atoms with Crippen LogP contribution in [-0.4, -0.2) is 26.5 Å². The lowest BCUT2D eigenvalue weighted by molar-refractivity contribution is 0.682. The minimum absolute atomic E-state index is 0.489. The minimum Gasteiger partial charge on any atom is -0.369 e. The summed E-state index contributed by atoms with van der Waals surface area (Å²) in [7, 11) is -0.903. The third kappa shape index (κ3) is 4.78. The Morgan fingerprint density at radius 2 is 1.95 bits per heavy atom. The fourth-order valence-corrected chi connectivity index (χ4v) is 3.52. The highest BCUT2D eigenvalue weighted by Gasteiger charge is 2.10. The van der Waals surface area contributed by atoms with Crippen molar-refractivity contribution in [2.75, 3.05) is 17.6 Å². The second-order valence-corrected chi connectivity index (χ2v) is 6.88. The molecule has 1 heterocycles. The zero-order valence-corrected chi connectivity index (χ0v) is 14.4. The summed E-state index contributed by atoms with van der Waals surface area (Å²) >= 11 is 6.13. The van der Waals surface area contributed by atoms with Crippen LogP contribution in [0.2, 0.25) is 5.15 Å². The summed E-state index contributed by atoms with van der Waals surface area (Å²) in [5.41, 5.74) is 2.00. The van der Waals surface area contributed by atoms with E-state index >= 15 is 0 Å². The van der Waals surface area contributed by atoms with Gasteiger partial charge in [-0.25, -0.2) is 9.97 Å². The van der Waals surface area contributed by atoms with E-state index in [0.29, 0.717) is 29.0 Å². The molecule has 4 nitrogen and oxygen atoms in total. The van der Waals surface area contributed by atoms with Gasteiger partial charge < -0.3 is 5.32 Å². The molecule has 1 aromatic heterocycles. The third-order valence-electron chi connectivity index (χ3n) is 3.21. The van der Waals surface area contributed by atoms with Crippen molar-refractivity contribution in [2.45, 2.75) is 26.0 Å². The minimum atomic E-state index is -0.903. The summed E-state index contributed by atoms with van der Waals surface area (Å²) < 4.78 is 12.1. The molecule has 0 spiro atoms. The fraction of sp³-hybridized carbons (Fsp3) is 0.375. The maximum Gasteiger partial charge on any atom is 0.138 e. The Balaban J connectivity index is 1.90. The molecule has 0 aliphatic heterocycles. The number of hydrogen-bond donors (Lipinski definition) is 1. The van der Waals surface area contributed by atoms with Gasteiger partial charge in [0.15, 0.2) is 0 Å². The van der Waals surface area contributed by atoms with Gasteiger partial charge in [0.2, 0.25) is 0 Å². The summed E-state index contributed by atoms with van der Waals surface area (Å²) in [6, 6.07) is 9.87. The van der Waals surface area contributed by atoms with Gasteiger partial charge in [-0.15, -0.1) is 0 Å². The van der Waals surface area contributed by atoms with Crippen LogP contribution in [0.5, 0.6) is 0 Å². The molecule has 22 heavy (non-hydrogen) atoms. The number of aryl methyl sites for hydroxylation is 1. The van der Waals surface area contributed by atoms with Gasteiger partial charge in [0.1, 0.15) is 16.8 Å². The van der Waals surface area contributed by atoms with Gasteiger partial charge in [0.25, 0.3) is 0 Å². The molecule has 0 saturated carbocycles. The molecule has 0 radical (unpaired) electrons. The molecule has 6 heteroatoms. The highest BCUT2D eigenvalue weighted by atomic mass is 35.5. The molecule has 2 aromatic rings. The van der Waals surface area contributed by atoms with Gasteiger partial charge >= 0.3 is 0 Å². The zero-order valence-electron chi connectivity index (χ0n) is 12.8. The normalized spacial score (nSPS) is 12.1. The first-order valence-electron chi connectivity index (χ1n) is 7.26. The molecule has 0 fully saturated rings. The van der Waals surface area contributed by atoms with Crippen molar-refractivity contribution in [1.29, 1.82) is 0 Å². The van der Waals surface area contributed by atoms with E-state index in [1.807, 2.05) is 44.2 Å². The second-order valence-electron chi connectivity index (χ2n) is 4.94. The van der Waals surface area contributed by atoms with E-state index in [9.17, 15) is 4.21 Å². The van der Waals surface area contributed by atoms with Gasteiger partial charge in [-0.3, -0.25) is 4.21 Å². The maximum absolute atomic E-state index is 12.1. The van der Waals surface area contributed by atoms with Crippen LogP contribution in [0.15, 0.2) is 30.3 Å². The van der Waals surface area contributed by atoms with E-state index in [4.69, 9.17) is 11.6 Å². The lowest BCUT2D eigenvalue weighted by atomic mass is 10.2. The van der Waals surface area contributed by atoms with Gasteiger partial charge in [0, 0.05) is 34.4 Å². The van der Waals surface area contributed by atoms with Crippen LogP contribution in [0.1, 0.15) is 23.9 Å². The maximum atomic E-state index is 12.1. The molecule has 0 aliphatic carbocycles. The van der Waals surface area contributed by atoms with Crippen LogP contribution >= 0.6 is 11.6 Å². The number of nitrogens with zero attached hydrogens (tertiary/aromatic N) is 2. The third-order valence-corrected chi connectivity index (χ3v) is 4.84. The van der Waals surface area contributed by atoms with E-state index in [-0.39, 0.29) is 0 Å². The van der Waals surface area contributed by atoms with Crippen molar-refractivity contribution in [3.63, 3.8) is 0 Å². The lowest BCUT2D eigenvalue weighted by Crippen LogP contribution is -2.15. The SMILES string of the molecule is CCc1c(Cl)nc(C)nc1NCCS(=O)Cc1ccccc1. The molecule has 1 unspecified atom stereocenters. The van der Waals surface area contributed by atoms with Crippen molar-refractivity contribution in [3.8, 4) is 0 Å². The molecule has 2 rings (SSSR count). The molecule has 0 aliphatic rings. The number of hydrogen-bond acceptors (Lipinski definition) is 4. The standard InChI is InChI=1S/C16H20ClN3OS/c1-3-14-15(17)19-12(2)20-16(14)18-9-10-22(21)11-13-7-5-4-6-8-13/h4-8H,3,9-11H2,1-2H3,(H,18,19,20). The first kappa shape index (κ1) is 16.9. The molecule has 1 aromatic carbocycles. The van der Waals surface area contributed by atoms with E-state index in [1.54, 1.807) is 0 Å². The van der Waals surface area contributed by atoms with Crippen molar-refractivity contribution >= 4 is 28.2 Å². The van der Waals surface area contributed by atoms with Crippen LogP contribution in [0.4, 0.5) is 5.82 Å². The predicted molar refractivity (Wildman–Crippen MR) is 92.8 cm³/mol. The molecular weight excluding hydrogens is 318 g/mol. The Morgan fingerprint density at radius 3 is 2.64 bits per heavy atom. The van der Waals surface area contributed by atoms with Crippen molar-refractivity contribution in [1.82, 2.24) is 9.97 Å². The average Bonchev–Trinajstić information content (AvgIpc) is 2.48. The van der Waals surface area contributed by atoms with Crippen molar-refractivity contribution < 1.29 is 4.21 Å². The monoisotopic (exact) mass is 337 g/mol. The molecular formula is C16H20ClN3OS. The highest BCUT2D eigenvalue weighted by molar-refractivity contribution is 7.84. The molecule has 1 N–H and O–H groups in total. The zero-order chi connectivity index (χ0) is 15.9. The molecule has 0 saturated heterocycles. The Hall–Kier alpha value is -1.46. The van der Waals surface area contributed by atoms with Gasteiger partial charge in [0.05, 0.1) is 0 Å². The first-order valence-corrected chi connectivity index (χ1v) is 9.12. The van der Waals surface area contributed by atoms with E-state index in [1.165, 1.54) is 0 Å². The molecule has 1 atom stereocenters. The van der Waals surface area contributed by atoms with Gasteiger partial charge in [-0.05, 0) is 18.9 Å². The number of aromatic nitrogens is 2. The molecule has 118 valence electrons. The van der Waals surface area contributed by atoms with E-state index < -0.39 is 10.8 Å². The Bertz CT molecular complexity index is 649. The number of rotatable bonds is 7. The Labute approximate surface area is 138 Å². The summed E-state index contributed by atoms with van der Waals surface area (Å²) in [4.78, 5) is 8.54. The smallest absolute Gasteiger partial charge is 0.138 e. The van der Waals surface area contributed by atoms with Crippen molar-refractivity contribution in [2.24, 2.45) is 0 Å². The van der Waals surface area contributed by atoms with E-state index in [0.717, 1.165) is 23.4 Å². The van der Waals surface area contributed by atoms with Crippen LogP contribution in [-0.2, 0) is 23.0 Å². The van der Waals surface area contributed by atoms with Gasteiger partial charge in [-0.2, -0.15) is 0 Å². The van der Waals surface area contributed by atoms with E-state index in [2.05, 4.69) is 15.3 Å².